The lowest BCUT2D eigenvalue weighted by Gasteiger charge is -2.19. The quantitative estimate of drug-likeness (QED) is 0.675. The molecule has 0 bridgehead atoms. The molecule has 0 saturated carbocycles. The molecule has 0 spiro atoms. The maximum Gasteiger partial charge on any atom is 0.319 e. The average Bonchev–Trinajstić information content (AvgIpc) is 2.39. The first kappa shape index (κ1) is 14.1. The van der Waals surface area contributed by atoms with E-state index in [4.69, 9.17) is 0 Å². The van der Waals surface area contributed by atoms with E-state index < -0.39 is 11.9 Å². The molecule has 0 unspecified atom stereocenters. The summed E-state index contributed by atoms with van der Waals surface area (Å²) in [6, 6.07) is 3.67. The van der Waals surface area contributed by atoms with Crippen LogP contribution >= 0.6 is 0 Å². The van der Waals surface area contributed by atoms with E-state index in [-0.39, 0.29) is 13.1 Å². The molecule has 0 radical (unpaired) electrons. The highest BCUT2D eigenvalue weighted by atomic mass is 16.5. The second-order valence-corrected chi connectivity index (χ2v) is 3.66. The predicted molar refractivity (Wildman–Crippen MR) is 63.5 cm³/mol. The fourth-order valence-corrected chi connectivity index (χ4v) is 1.41. The van der Waals surface area contributed by atoms with E-state index in [1.54, 1.807) is 23.4 Å². The summed E-state index contributed by atoms with van der Waals surface area (Å²) in [7, 11) is 2.62. The number of esters is 2. The molecule has 0 saturated heterocycles. The molecule has 0 atom stereocenters. The van der Waals surface area contributed by atoms with Crippen molar-refractivity contribution in [3.63, 3.8) is 0 Å². The molecule has 1 aromatic rings. The van der Waals surface area contributed by atoms with E-state index in [1.807, 2.05) is 6.07 Å². The van der Waals surface area contributed by atoms with Gasteiger partial charge in [0.1, 0.15) is 0 Å². The topological polar surface area (TPSA) is 68.7 Å². The molecule has 18 heavy (non-hydrogen) atoms. The van der Waals surface area contributed by atoms with Gasteiger partial charge in [-0.15, -0.1) is 0 Å². The lowest BCUT2D eigenvalue weighted by molar-refractivity contribution is -0.145. The van der Waals surface area contributed by atoms with Crippen molar-refractivity contribution in [2.45, 2.75) is 6.54 Å². The molecule has 98 valence electrons. The molecule has 1 rings (SSSR count). The molecule has 1 heterocycles. The number of ether oxygens (including phenoxy) is 2. The minimum atomic E-state index is -0.400. The number of hydrogen-bond acceptors (Lipinski definition) is 6. The van der Waals surface area contributed by atoms with E-state index in [0.717, 1.165) is 5.56 Å². The van der Waals surface area contributed by atoms with Crippen LogP contribution in [0.15, 0.2) is 24.5 Å². The van der Waals surface area contributed by atoms with Crippen LogP contribution in [-0.2, 0) is 25.6 Å². The summed E-state index contributed by atoms with van der Waals surface area (Å²) in [5.41, 5.74) is 0.908. The fourth-order valence-electron chi connectivity index (χ4n) is 1.41. The van der Waals surface area contributed by atoms with Gasteiger partial charge in [-0.2, -0.15) is 0 Å². The SMILES string of the molecule is COC(=O)CN(CC(=O)OC)Cc1cccnc1. The van der Waals surface area contributed by atoms with E-state index in [0.29, 0.717) is 6.54 Å². The molecule has 0 amide bonds. The van der Waals surface area contributed by atoms with E-state index in [1.165, 1.54) is 14.2 Å². The van der Waals surface area contributed by atoms with Gasteiger partial charge in [0.2, 0.25) is 0 Å². The number of pyridine rings is 1. The van der Waals surface area contributed by atoms with Gasteiger partial charge < -0.3 is 9.47 Å². The van der Waals surface area contributed by atoms with Crippen LogP contribution in [0.1, 0.15) is 5.56 Å². The standard InChI is InChI=1S/C12H16N2O4/c1-17-11(15)8-14(9-12(16)18-2)7-10-4-3-5-13-6-10/h3-6H,7-9H2,1-2H3. The van der Waals surface area contributed by atoms with Crippen LogP contribution in [0.5, 0.6) is 0 Å². The zero-order valence-corrected chi connectivity index (χ0v) is 10.5. The van der Waals surface area contributed by atoms with Gasteiger partial charge in [0.25, 0.3) is 0 Å². The van der Waals surface area contributed by atoms with Crippen molar-refractivity contribution >= 4 is 11.9 Å². The summed E-state index contributed by atoms with van der Waals surface area (Å²) < 4.78 is 9.17. The third-order valence-corrected chi connectivity index (χ3v) is 2.29. The maximum atomic E-state index is 11.3. The van der Waals surface area contributed by atoms with Gasteiger partial charge in [0.15, 0.2) is 0 Å². The number of methoxy groups -OCH3 is 2. The van der Waals surface area contributed by atoms with Gasteiger partial charge in [0.05, 0.1) is 27.3 Å². The highest BCUT2D eigenvalue weighted by Crippen LogP contribution is 2.03. The van der Waals surface area contributed by atoms with Crippen LogP contribution in [0.4, 0.5) is 0 Å². The second-order valence-electron chi connectivity index (χ2n) is 3.66. The minimum Gasteiger partial charge on any atom is -0.468 e. The van der Waals surface area contributed by atoms with Gasteiger partial charge >= 0.3 is 11.9 Å². The first-order chi connectivity index (χ1) is 8.65. The lowest BCUT2D eigenvalue weighted by Crippen LogP contribution is -2.35. The molecule has 0 aliphatic rings. The lowest BCUT2D eigenvalue weighted by atomic mass is 10.2. The van der Waals surface area contributed by atoms with Crippen LogP contribution in [0.25, 0.3) is 0 Å². The van der Waals surface area contributed by atoms with Crippen molar-refractivity contribution in [3.8, 4) is 0 Å². The highest BCUT2D eigenvalue weighted by Gasteiger charge is 2.15. The fraction of sp³-hybridized carbons (Fsp3) is 0.417. The number of carbonyl (C=O) groups excluding carboxylic acids is 2. The maximum absolute atomic E-state index is 11.3. The van der Waals surface area contributed by atoms with Crippen molar-refractivity contribution in [1.29, 1.82) is 0 Å². The average molecular weight is 252 g/mol. The Morgan fingerprint density at radius 2 is 1.83 bits per heavy atom. The third kappa shape index (κ3) is 4.92. The summed E-state index contributed by atoms with van der Waals surface area (Å²) in [6.07, 6.45) is 3.34. The summed E-state index contributed by atoms with van der Waals surface area (Å²) in [4.78, 5) is 28.1. The van der Waals surface area contributed by atoms with Crippen LogP contribution in [0.3, 0.4) is 0 Å². The molecule has 0 aliphatic carbocycles. The monoisotopic (exact) mass is 252 g/mol. The largest absolute Gasteiger partial charge is 0.468 e. The number of aromatic nitrogens is 1. The van der Waals surface area contributed by atoms with Gasteiger partial charge in [-0.25, -0.2) is 0 Å². The van der Waals surface area contributed by atoms with Gasteiger partial charge in [-0.05, 0) is 11.6 Å². The van der Waals surface area contributed by atoms with Crippen LogP contribution in [0, 0.1) is 0 Å². The van der Waals surface area contributed by atoms with Crippen LogP contribution < -0.4 is 0 Å². The third-order valence-electron chi connectivity index (χ3n) is 2.29. The van der Waals surface area contributed by atoms with Crippen LogP contribution in [-0.4, -0.2) is 49.1 Å². The van der Waals surface area contributed by atoms with Gasteiger partial charge in [-0.3, -0.25) is 19.5 Å². The highest BCUT2D eigenvalue weighted by molar-refractivity contribution is 5.74. The van der Waals surface area contributed by atoms with E-state index >= 15 is 0 Å². The van der Waals surface area contributed by atoms with Crippen molar-refractivity contribution in [2.75, 3.05) is 27.3 Å². The zero-order valence-electron chi connectivity index (χ0n) is 10.5. The second kappa shape index (κ2) is 7.39. The Balaban J connectivity index is 2.64. The summed E-state index contributed by atoms with van der Waals surface area (Å²) >= 11 is 0. The van der Waals surface area contributed by atoms with Gasteiger partial charge in [0, 0.05) is 18.9 Å². The molecule has 6 heteroatoms. The van der Waals surface area contributed by atoms with E-state index in [2.05, 4.69) is 14.5 Å². The molecule has 0 fully saturated rings. The van der Waals surface area contributed by atoms with Crippen molar-refractivity contribution in [3.05, 3.63) is 30.1 Å². The zero-order chi connectivity index (χ0) is 13.4. The van der Waals surface area contributed by atoms with Crippen molar-refractivity contribution < 1.29 is 19.1 Å². The summed E-state index contributed by atoms with van der Waals surface area (Å²) in [5, 5.41) is 0. The molecule has 6 nitrogen and oxygen atoms in total. The number of nitrogens with zero attached hydrogens (tertiary/aromatic N) is 2. The molecule has 0 aliphatic heterocycles. The van der Waals surface area contributed by atoms with E-state index in [9.17, 15) is 9.59 Å². The number of carbonyl (C=O) groups is 2. The van der Waals surface area contributed by atoms with Gasteiger partial charge in [-0.1, -0.05) is 6.07 Å². The predicted octanol–water partition coefficient (Wildman–Crippen LogP) is 0.230. The normalized spacial score (nSPS) is 10.2. The van der Waals surface area contributed by atoms with Crippen molar-refractivity contribution in [1.82, 2.24) is 9.88 Å². The van der Waals surface area contributed by atoms with Crippen LogP contribution in [0.2, 0.25) is 0 Å². The first-order valence-electron chi connectivity index (χ1n) is 5.40. The Bertz CT molecular complexity index is 376. The number of rotatable bonds is 6. The Kier molecular flexibility index (Phi) is 5.79. The minimum absolute atomic E-state index is 0.0283. The Hall–Kier alpha value is -1.95. The molecule has 0 N–H and O–H groups in total. The summed E-state index contributed by atoms with van der Waals surface area (Å²) in [6.45, 7) is 0.485. The Labute approximate surface area is 106 Å². The summed E-state index contributed by atoms with van der Waals surface area (Å²) in [5.74, 6) is -0.800. The smallest absolute Gasteiger partial charge is 0.319 e. The first-order valence-corrected chi connectivity index (χ1v) is 5.40. The molecular formula is C12H16N2O4. The number of hydrogen-bond donors (Lipinski definition) is 0. The Morgan fingerprint density at radius 3 is 2.28 bits per heavy atom. The molecule has 1 aromatic heterocycles. The molecule has 0 aromatic carbocycles. The van der Waals surface area contributed by atoms with Crippen molar-refractivity contribution in [2.24, 2.45) is 0 Å². The molecular weight excluding hydrogens is 236 g/mol. The Morgan fingerprint density at radius 1 is 1.22 bits per heavy atom.